The maximum Gasteiger partial charge on any atom is 0.252 e. The van der Waals surface area contributed by atoms with Crippen molar-refractivity contribution in [1.82, 2.24) is 40.5 Å². The molecule has 6 rings (SSSR count). The molecule has 1 amide bonds. The molecule has 214 valence electrons. The van der Waals surface area contributed by atoms with Crippen LogP contribution in [0.5, 0.6) is 5.75 Å². The topological polar surface area (TPSA) is 154 Å². The van der Waals surface area contributed by atoms with E-state index in [0.717, 1.165) is 11.6 Å². The van der Waals surface area contributed by atoms with Crippen molar-refractivity contribution in [3.8, 4) is 22.7 Å². The Balaban J connectivity index is 1.34. The van der Waals surface area contributed by atoms with Gasteiger partial charge in [-0.25, -0.2) is 4.98 Å². The van der Waals surface area contributed by atoms with Crippen LogP contribution in [0.25, 0.3) is 33.9 Å². The lowest BCUT2D eigenvalue weighted by molar-refractivity contribution is -0.117. The van der Waals surface area contributed by atoms with Crippen LogP contribution in [-0.2, 0) is 11.2 Å². The van der Waals surface area contributed by atoms with Crippen molar-refractivity contribution in [2.75, 3.05) is 0 Å². The number of nitrogens with zero attached hydrogens (tertiary/aromatic N) is 5. The van der Waals surface area contributed by atoms with Crippen LogP contribution >= 0.6 is 23.2 Å². The van der Waals surface area contributed by atoms with Crippen molar-refractivity contribution in [2.24, 2.45) is 0 Å². The Kier molecular flexibility index (Phi) is 7.73. The predicted octanol–water partition coefficient (Wildman–Crippen LogP) is 5.02. The molecule has 0 radical (unpaired) electrons. The van der Waals surface area contributed by atoms with Crippen LogP contribution in [0.15, 0.2) is 90.0 Å². The molecule has 3 aromatic carbocycles. The van der Waals surface area contributed by atoms with E-state index in [2.05, 4.69) is 30.8 Å². The summed E-state index contributed by atoms with van der Waals surface area (Å²) in [5, 5.41) is 25.7. The van der Waals surface area contributed by atoms with E-state index in [1.807, 2.05) is 30.3 Å². The van der Waals surface area contributed by atoms with Gasteiger partial charge in [0.05, 0.1) is 17.2 Å². The fourth-order valence-corrected chi connectivity index (χ4v) is 5.18. The quantitative estimate of drug-likeness (QED) is 0.176. The van der Waals surface area contributed by atoms with Gasteiger partial charge in [0.15, 0.2) is 0 Å². The zero-order valence-electron chi connectivity index (χ0n) is 22.2. The number of para-hydroxylation sites is 1. The molecule has 0 aliphatic carbocycles. The molecule has 3 heterocycles. The van der Waals surface area contributed by atoms with Crippen molar-refractivity contribution in [3.63, 3.8) is 0 Å². The van der Waals surface area contributed by atoms with Gasteiger partial charge >= 0.3 is 0 Å². The Morgan fingerprint density at radius 2 is 1.88 bits per heavy atom. The summed E-state index contributed by atoms with van der Waals surface area (Å²) < 4.78 is 1.47. The number of amides is 1. The minimum Gasteiger partial charge on any atom is -0.507 e. The normalized spacial score (nSPS) is 12.1. The van der Waals surface area contributed by atoms with E-state index in [0.29, 0.717) is 50.7 Å². The lowest BCUT2D eigenvalue weighted by atomic mass is 10.0. The van der Waals surface area contributed by atoms with Gasteiger partial charge < -0.3 is 20.4 Å². The maximum absolute atomic E-state index is 13.3. The standard InChI is InChI=1S/C30H22Cl2N8O3/c31-19-10-11-23(40-16-33-38-39-40)18(14-19)9-12-25(42)34-22(13-17-5-2-1-3-6-17)30-36-28(29(32)37-30)21-8-4-7-20-24(41)15-26(43)35-27(20)21/h1-12,14-16,22H,13H2,(H,34,42)(H,36,37)(H2,35,41,43)/b12-9+. The number of aromatic amines is 2. The molecular formula is C30H22Cl2N8O3. The molecule has 0 aliphatic heterocycles. The van der Waals surface area contributed by atoms with Gasteiger partial charge in [-0.1, -0.05) is 65.7 Å². The average molecular weight is 613 g/mol. The number of carbonyl (C=O) groups is 1. The van der Waals surface area contributed by atoms with E-state index in [9.17, 15) is 14.7 Å². The molecule has 4 N–H and O–H groups in total. The Morgan fingerprint density at radius 1 is 1.05 bits per heavy atom. The molecule has 11 nitrogen and oxygen atoms in total. The second kappa shape index (κ2) is 11.9. The minimum absolute atomic E-state index is 0.156. The molecule has 0 bridgehead atoms. The third kappa shape index (κ3) is 6.03. The molecule has 0 fully saturated rings. The van der Waals surface area contributed by atoms with E-state index in [1.54, 1.807) is 42.5 Å². The van der Waals surface area contributed by atoms with Gasteiger partial charge in [0, 0.05) is 33.7 Å². The fourth-order valence-electron chi connectivity index (χ4n) is 4.76. The van der Waals surface area contributed by atoms with Crippen LogP contribution < -0.4 is 10.9 Å². The van der Waals surface area contributed by atoms with E-state index < -0.39 is 17.5 Å². The molecule has 0 aliphatic rings. The summed E-state index contributed by atoms with van der Waals surface area (Å²) in [5.74, 6) is -0.143. The number of hydrogen-bond donors (Lipinski definition) is 4. The highest BCUT2D eigenvalue weighted by atomic mass is 35.5. The third-order valence-corrected chi connectivity index (χ3v) is 7.23. The van der Waals surface area contributed by atoms with Gasteiger partial charge in [-0.05, 0) is 52.8 Å². The second-order valence-corrected chi connectivity index (χ2v) is 10.4. The minimum atomic E-state index is -0.605. The van der Waals surface area contributed by atoms with Crippen LogP contribution in [0.2, 0.25) is 10.2 Å². The molecule has 6 aromatic rings. The summed E-state index contributed by atoms with van der Waals surface area (Å²) in [6.45, 7) is 0. The highest BCUT2D eigenvalue weighted by Crippen LogP contribution is 2.34. The number of nitrogens with one attached hydrogen (secondary N) is 3. The molecular weight excluding hydrogens is 591 g/mol. The second-order valence-electron chi connectivity index (χ2n) is 9.57. The van der Waals surface area contributed by atoms with E-state index in [1.165, 1.54) is 17.1 Å². The Labute approximate surface area is 253 Å². The number of aromatic nitrogens is 7. The van der Waals surface area contributed by atoms with Crippen LogP contribution in [0.1, 0.15) is 23.0 Å². The van der Waals surface area contributed by atoms with Crippen LogP contribution in [0, 0.1) is 0 Å². The first-order valence-electron chi connectivity index (χ1n) is 13.0. The number of fused-ring (bicyclic) bond motifs is 1. The number of imidazole rings is 1. The lowest BCUT2D eigenvalue weighted by Gasteiger charge is -2.16. The van der Waals surface area contributed by atoms with Crippen molar-refractivity contribution in [2.45, 2.75) is 12.5 Å². The lowest BCUT2D eigenvalue weighted by Crippen LogP contribution is -2.29. The number of H-pyrrole nitrogens is 2. The van der Waals surface area contributed by atoms with Crippen molar-refractivity contribution >= 4 is 46.1 Å². The molecule has 0 spiro atoms. The first-order valence-corrected chi connectivity index (χ1v) is 13.8. The fraction of sp³-hybridized carbons (Fsp3) is 0.0667. The smallest absolute Gasteiger partial charge is 0.252 e. The van der Waals surface area contributed by atoms with Crippen LogP contribution in [-0.4, -0.2) is 46.2 Å². The number of tetrazole rings is 1. The summed E-state index contributed by atoms with van der Waals surface area (Å²) in [4.78, 5) is 36.0. The molecule has 0 saturated heterocycles. The number of hydrogen-bond acceptors (Lipinski definition) is 7. The predicted molar refractivity (Wildman–Crippen MR) is 163 cm³/mol. The largest absolute Gasteiger partial charge is 0.507 e. The number of benzene rings is 3. The van der Waals surface area contributed by atoms with Gasteiger partial charge in [-0.2, -0.15) is 4.68 Å². The van der Waals surface area contributed by atoms with Gasteiger partial charge in [-0.15, -0.1) is 5.10 Å². The van der Waals surface area contributed by atoms with E-state index in [-0.39, 0.29) is 10.9 Å². The summed E-state index contributed by atoms with van der Waals surface area (Å²) in [6, 6.07) is 20.4. The Bertz CT molecular complexity index is 2020. The zero-order valence-corrected chi connectivity index (χ0v) is 23.7. The van der Waals surface area contributed by atoms with Crippen molar-refractivity contribution in [1.29, 1.82) is 0 Å². The van der Waals surface area contributed by atoms with Gasteiger partial charge in [0.25, 0.3) is 5.56 Å². The van der Waals surface area contributed by atoms with Crippen molar-refractivity contribution in [3.05, 3.63) is 123 Å². The van der Waals surface area contributed by atoms with Crippen molar-refractivity contribution < 1.29 is 9.90 Å². The number of pyridine rings is 1. The highest BCUT2D eigenvalue weighted by Gasteiger charge is 2.22. The van der Waals surface area contributed by atoms with Gasteiger partial charge in [-0.3, -0.25) is 9.59 Å². The summed E-state index contributed by atoms with van der Waals surface area (Å²) in [6.07, 6.45) is 4.87. The SMILES string of the molecule is O=C(/C=C/c1cc(Cl)ccc1-n1cnnn1)NC(Cc1ccccc1)c1nc(-c2cccc3c(O)cc(=O)[nH]c23)c(Cl)[nH]1. The Morgan fingerprint density at radius 3 is 2.67 bits per heavy atom. The molecule has 0 saturated carbocycles. The first kappa shape index (κ1) is 27.9. The monoisotopic (exact) mass is 612 g/mol. The van der Waals surface area contributed by atoms with Gasteiger partial charge in [0.1, 0.15) is 28.7 Å². The van der Waals surface area contributed by atoms with Gasteiger partial charge in [0.2, 0.25) is 5.91 Å². The van der Waals surface area contributed by atoms with E-state index >= 15 is 0 Å². The third-order valence-electron chi connectivity index (χ3n) is 6.72. The molecule has 3 aromatic heterocycles. The summed E-state index contributed by atoms with van der Waals surface area (Å²) in [5.41, 5.74) is 3.02. The molecule has 43 heavy (non-hydrogen) atoms. The van der Waals surface area contributed by atoms with E-state index in [4.69, 9.17) is 28.2 Å². The van der Waals surface area contributed by atoms with Crippen LogP contribution in [0.4, 0.5) is 0 Å². The highest BCUT2D eigenvalue weighted by molar-refractivity contribution is 6.32. The molecule has 13 heteroatoms. The average Bonchev–Trinajstić information content (AvgIpc) is 3.66. The number of aromatic hydroxyl groups is 1. The number of halogens is 2. The summed E-state index contributed by atoms with van der Waals surface area (Å²) >= 11 is 12.9. The Hall–Kier alpha value is -5.26. The van der Waals surface area contributed by atoms with Crippen LogP contribution in [0.3, 0.4) is 0 Å². The zero-order chi connectivity index (χ0) is 29.9. The molecule has 1 atom stereocenters. The first-order chi connectivity index (χ1) is 20.9. The number of carbonyl (C=O) groups excluding carboxylic acids is 1. The maximum atomic E-state index is 13.3. The molecule has 1 unspecified atom stereocenters. The number of rotatable bonds is 8. The summed E-state index contributed by atoms with van der Waals surface area (Å²) in [7, 11) is 0.